The molecule has 0 amide bonds. The molecule has 0 radical (unpaired) electrons. The minimum Gasteiger partial charge on any atom is -0.438 e. The van der Waals surface area contributed by atoms with Crippen LogP contribution in [0.15, 0.2) is 95.0 Å². The summed E-state index contributed by atoms with van der Waals surface area (Å²) in [7, 11) is 0. The van der Waals surface area contributed by atoms with Crippen LogP contribution >= 0.6 is 11.3 Å². The summed E-state index contributed by atoms with van der Waals surface area (Å²) in [4.78, 5) is 6.08. The van der Waals surface area contributed by atoms with Crippen LogP contribution in [0.3, 0.4) is 0 Å². The predicted octanol–water partition coefficient (Wildman–Crippen LogP) is 9.09. The van der Waals surface area contributed by atoms with Gasteiger partial charge in [0.15, 0.2) is 0 Å². The quantitative estimate of drug-likeness (QED) is 0.265. The van der Waals surface area contributed by atoms with Crippen LogP contribution in [0, 0.1) is 0 Å². The highest BCUT2D eigenvalue weighted by atomic mass is 32.1. The number of nitrogens with zero attached hydrogens (tertiary/aromatic N) is 2. The second-order valence-electron chi connectivity index (χ2n) is 9.22. The first-order valence-electron chi connectivity index (χ1n) is 12.0. The van der Waals surface area contributed by atoms with E-state index in [1.54, 1.807) is 17.4 Å². The topological polar surface area (TPSA) is 25.4 Å². The maximum absolute atomic E-state index is 13.5. The van der Waals surface area contributed by atoms with Crippen molar-refractivity contribution < 1.29 is 17.9 Å². The number of aromatic nitrogens is 1. The van der Waals surface area contributed by atoms with Crippen molar-refractivity contribution in [1.29, 1.82) is 0 Å². The fraction of sp³-hybridized carbons (Fsp3) is 0.167. The van der Waals surface area contributed by atoms with Crippen LogP contribution in [0.25, 0.3) is 16.7 Å². The van der Waals surface area contributed by atoms with Crippen LogP contribution < -0.4 is 9.64 Å². The third-order valence-electron chi connectivity index (χ3n) is 6.63. The van der Waals surface area contributed by atoms with E-state index < -0.39 is 17.6 Å². The van der Waals surface area contributed by atoms with Crippen LogP contribution in [0.2, 0.25) is 0 Å². The average Bonchev–Trinajstić information content (AvgIpc) is 3.55. The predicted molar refractivity (Wildman–Crippen MR) is 142 cm³/mol. The first kappa shape index (κ1) is 23.6. The Morgan fingerprint density at radius 2 is 1.84 bits per heavy atom. The van der Waals surface area contributed by atoms with Crippen molar-refractivity contribution in [2.24, 2.45) is 0 Å². The Hall–Kier alpha value is -3.84. The van der Waals surface area contributed by atoms with Crippen LogP contribution in [-0.4, -0.2) is 4.98 Å². The highest BCUT2D eigenvalue weighted by Gasteiger charge is 2.35. The maximum Gasteiger partial charge on any atom is 0.421 e. The molecule has 2 aromatic heterocycles. The van der Waals surface area contributed by atoms with E-state index in [0.29, 0.717) is 12.3 Å². The van der Waals surface area contributed by atoms with E-state index in [1.165, 1.54) is 40.1 Å². The molecule has 1 aliphatic carbocycles. The third-order valence-corrected chi connectivity index (χ3v) is 7.31. The summed E-state index contributed by atoms with van der Waals surface area (Å²) >= 11 is 1.67. The van der Waals surface area contributed by atoms with Crippen molar-refractivity contribution in [1.82, 2.24) is 4.98 Å². The molecule has 0 bridgehead atoms. The number of benzene rings is 2. The van der Waals surface area contributed by atoms with Crippen molar-refractivity contribution in [2.45, 2.75) is 32.5 Å². The summed E-state index contributed by atoms with van der Waals surface area (Å²) in [5.41, 5.74) is 8.33. The van der Waals surface area contributed by atoms with Gasteiger partial charge >= 0.3 is 6.18 Å². The molecule has 0 N–H and O–H groups in total. The number of hydrogen-bond acceptors (Lipinski definition) is 4. The lowest BCUT2D eigenvalue weighted by Gasteiger charge is -2.31. The fourth-order valence-corrected chi connectivity index (χ4v) is 5.52. The van der Waals surface area contributed by atoms with E-state index in [9.17, 15) is 13.2 Å². The molecule has 3 heterocycles. The van der Waals surface area contributed by atoms with Gasteiger partial charge in [0, 0.05) is 30.2 Å². The zero-order valence-electron chi connectivity index (χ0n) is 20.0. The van der Waals surface area contributed by atoms with Gasteiger partial charge in [-0.05, 0) is 94.8 Å². The van der Waals surface area contributed by atoms with Gasteiger partial charge in [0.1, 0.15) is 11.3 Å². The summed E-state index contributed by atoms with van der Waals surface area (Å²) in [6, 6.07) is 18.2. The first-order valence-corrected chi connectivity index (χ1v) is 12.9. The highest BCUT2D eigenvalue weighted by Crippen LogP contribution is 2.48. The number of pyridine rings is 1. The highest BCUT2D eigenvalue weighted by molar-refractivity contribution is 7.08. The number of ether oxygens (including phenoxy) is 1. The lowest BCUT2D eigenvalue weighted by molar-refractivity contribution is -0.138. The number of thiophene rings is 1. The minimum atomic E-state index is -4.55. The molecule has 0 saturated heterocycles. The van der Waals surface area contributed by atoms with Crippen molar-refractivity contribution in [3.63, 3.8) is 0 Å². The Balaban J connectivity index is 1.39. The van der Waals surface area contributed by atoms with E-state index in [0.717, 1.165) is 35.7 Å². The van der Waals surface area contributed by atoms with Gasteiger partial charge in [-0.15, -0.1) is 0 Å². The average molecular weight is 517 g/mol. The molecule has 0 atom stereocenters. The van der Waals surface area contributed by atoms with E-state index in [4.69, 9.17) is 4.74 Å². The summed E-state index contributed by atoms with van der Waals surface area (Å²) in [6.07, 6.45) is 0.995. The molecule has 1 fully saturated rings. The van der Waals surface area contributed by atoms with Gasteiger partial charge in [0.25, 0.3) is 0 Å². The van der Waals surface area contributed by atoms with Crippen LogP contribution in [0.4, 0.5) is 18.9 Å². The Kier molecular flexibility index (Phi) is 5.88. The van der Waals surface area contributed by atoms with Crippen LogP contribution in [0.1, 0.15) is 36.5 Å². The molecule has 37 heavy (non-hydrogen) atoms. The lowest BCUT2D eigenvalue weighted by atomic mass is 9.92. The lowest BCUT2D eigenvalue weighted by Crippen LogP contribution is -2.21. The molecule has 2 aromatic carbocycles. The van der Waals surface area contributed by atoms with Crippen molar-refractivity contribution in [3.8, 4) is 22.8 Å². The van der Waals surface area contributed by atoms with Gasteiger partial charge in [0.05, 0.1) is 0 Å². The van der Waals surface area contributed by atoms with Gasteiger partial charge in [-0.1, -0.05) is 29.8 Å². The van der Waals surface area contributed by atoms with Gasteiger partial charge in [-0.2, -0.15) is 24.5 Å². The van der Waals surface area contributed by atoms with E-state index >= 15 is 0 Å². The number of allylic oxidation sites excluding steroid dienone is 3. The summed E-state index contributed by atoms with van der Waals surface area (Å²) in [5.74, 6) is -0.116. The molecule has 1 aliphatic heterocycles. The number of rotatable bonds is 5. The SMILES string of the molecule is CC1=CN(Cc2ccccc2-c2ccsc2)c2ccc(Oc3ncccc3C(F)(F)F)cc2C1=C1CC1. The molecular weight excluding hydrogens is 493 g/mol. The maximum atomic E-state index is 13.5. The Morgan fingerprint density at radius 1 is 1.00 bits per heavy atom. The van der Waals surface area contributed by atoms with Crippen molar-refractivity contribution in [2.75, 3.05) is 4.90 Å². The minimum absolute atomic E-state index is 0.329. The zero-order chi connectivity index (χ0) is 25.6. The molecule has 0 spiro atoms. The molecule has 6 rings (SSSR count). The smallest absolute Gasteiger partial charge is 0.421 e. The van der Waals surface area contributed by atoms with Gasteiger partial charge in [0.2, 0.25) is 5.88 Å². The number of alkyl halides is 3. The summed E-state index contributed by atoms with van der Waals surface area (Å²) in [6.45, 7) is 2.76. The van der Waals surface area contributed by atoms with Gasteiger partial charge in [-0.25, -0.2) is 4.98 Å². The molecule has 0 unspecified atom stereocenters. The molecule has 2 aliphatic rings. The van der Waals surface area contributed by atoms with Crippen LogP contribution in [-0.2, 0) is 12.7 Å². The first-order chi connectivity index (χ1) is 17.9. The molecule has 3 nitrogen and oxygen atoms in total. The summed E-state index contributed by atoms with van der Waals surface area (Å²) < 4.78 is 46.2. The van der Waals surface area contributed by atoms with E-state index in [1.807, 2.05) is 24.3 Å². The molecule has 1 saturated carbocycles. The third kappa shape index (κ3) is 4.67. The number of fused-ring (bicyclic) bond motifs is 1. The van der Waals surface area contributed by atoms with E-state index in [2.05, 4.69) is 52.0 Å². The summed E-state index contributed by atoms with van der Waals surface area (Å²) in [5, 5.41) is 4.23. The molecule has 4 aromatic rings. The molecule has 7 heteroatoms. The molecule has 186 valence electrons. The number of anilines is 1. The van der Waals surface area contributed by atoms with Crippen LogP contribution in [0.5, 0.6) is 11.6 Å². The number of halogens is 3. The zero-order valence-corrected chi connectivity index (χ0v) is 20.9. The largest absolute Gasteiger partial charge is 0.438 e. The number of hydrogen-bond donors (Lipinski definition) is 0. The Bertz CT molecular complexity index is 1530. The van der Waals surface area contributed by atoms with E-state index in [-0.39, 0.29) is 0 Å². The van der Waals surface area contributed by atoms with Gasteiger partial charge < -0.3 is 9.64 Å². The van der Waals surface area contributed by atoms with Gasteiger partial charge in [-0.3, -0.25) is 0 Å². The Labute approximate surface area is 217 Å². The fourth-order valence-electron chi connectivity index (χ4n) is 4.86. The van der Waals surface area contributed by atoms with Crippen molar-refractivity contribution >= 4 is 22.6 Å². The molecular formula is C30H23F3N2OS. The van der Waals surface area contributed by atoms with Crippen molar-refractivity contribution in [3.05, 3.63) is 112 Å². The normalized spacial score (nSPS) is 14.9. The monoisotopic (exact) mass is 516 g/mol. The Morgan fingerprint density at radius 3 is 2.59 bits per heavy atom. The second kappa shape index (κ2) is 9.23. The standard InChI is InChI=1S/C30H23F3N2OS/c1-19-16-35(17-21-5-2-3-6-24(21)22-12-14-37-18-22)27-11-10-23(15-25(27)28(19)20-8-9-20)36-29-26(30(31,32)33)7-4-13-34-29/h2-7,10-16,18H,8-9,17H2,1H3. The second-order valence-corrected chi connectivity index (χ2v) is 10.0.